The summed E-state index contributed by atoms with van der Waals surface area (Å²) in [4.78, 5) is 0. The second kappa shape index (κ2) is 23.6. The van der Waals surface area contributed by atoms with Gasteiger partial charge in [-0.05, 0) is 206 Å². The quantitative estimate of drug-likeness (QED) is 0.158. The SMILES string of the molecule is Cc1ccc(-c2cc3c4ccc5c6ccccc6oc5c4n4c3c(c2)c2ccc3c(oc5cccc(-c6ccc7oc8c(ccc9c%10cc(-c%11ccc(C(C)C)cc%11)cc%11c%12ccc%13c(oc%14cccc(-c%15ccc%16oc%17c(ccc%18c%19cc(-c%20ccccc%20-c%20ccccc%20)cc%20c%21ccc%22c%23ccccc%23oc%22c%21n(c%20%19)c%18%17)c%16c%15)c%14%13)c%12n(c%10%11)c98)c7c6)c53)c24)cc1. The summed E-state index contributed by atoms with van der Waals surface area (Å²) < 4.78 is 51.0. The Hall–Kier alpha value is -16.6. The zero-order chi connectivity index (χ0) is 82.5. The Labute approximate surface area is 719 Å². The molecule has 31 rings (SSSR count). The van der Waals surface area contributed by atoms with Crippen LogP contribution in [-0.2, 0) is 0 Å². The molecule has 0 atom stereocenters. The average Bonchev–Trinajstić information content (AvgIpc) is 1.52. The lowest BCUT2D eigenvalue weighted by Crippen LogP contribution is -1.86. The maximum absolute atomic E-state index is 7.51. The maximum Gasteiger partial charge on any atom is 0.160 e. The standard InChI is InChI=1S/C118H65N3O6/c1-59(2)61-31-33-63(34-32-61)68-55-91-77-39-45-84-88-51-65(72-21-13-25-100-102(72)86-47-41-80-92-54-67(62-29-27-60(3)28-30-62)53-90-76-37-43-82-74-19-9-11-23-96(74)122-113(82)107(76)120(104(90)92)111(80)117(86)126-100)35-49-98(88)124-115(84)109(77)121-105(91)93(56-68)81-42-48-87-103-73(22-14-26-101(103)127-118(87)112(81)121)66-36-50-99-89(52-66)85-46-40-79-95-58-69(71-18-8-7-17-70(71)64-15-5-4-6-16-64)57-94-78-38-44-83-75-20-10-12-24-97(75)123-114(83)108(78)119(106(94)95)110(79)116(85)125-99/h4-59H,1-3H3. The molecule has 9 nitrogen and oxygen atoms in total. The van der Waals surface area contributed by atoms with Gasteiger partial charge in [-0.25, -0.2) is 0 Å². The molecule has 0 aliphatic rings. The lowest BCUT2D eigenvalue weighted by molar-refractivity contribution is 0.669. The van der Waals surface area contributed by atoms with Gasteiger partial charge < -0.3 is 39.7 Å². The fraction of sp³-hybridized carbons (Fsp3) is 0.0339. The first-order valence-corrected chi connectivity index (χ1v) is 43.8. The molecule has 0 saturated heterocycles. The number of aromatic nitrogens is 3. The summed E-state index contributed by atoms with van der Waals surface area (Å²) in [6.07, 6.45) is 0. The van der Waals surface area contributed by atoms with Crippen molar-refractivity contribution in [2.24, 2.45) is 0 Å². The molecule has 588 valence electrons. The van der Waals surface area contributed by atoms with E-state index in [1.54, 1.807) is 0 Å². The van der Waals surface area contributed by atoms with Gasteiger partial charge >= 0.3 is 0 Å². The number of fused-ring (bicyclic) bond motifs is 42. The van der Waals surface area contributed by atoms with Gasteiger partial charge in [0.2, 0.25) is 0 Å². The van der Waals surface area contributed by atoms with Gasteiger partial charge in [0.15, 0.2) is 33.5 Å². The Balaban J connectivity index is 0.598. The van der Waals surface area contributed by atoms with E-state index >= 15 is 0 Å². The number of benzene rings is 19. The van der Waals surface area contributed by atoms with Crippen LogP contribution in [0.2, 0.25) is 0 Å². The van der Waals surface area contributed by atoms with E-state index in [1.165, 1.54) is 49.7 Å². The van der Waals surface area contributed by atoms with Gasteiger partial charge in [-0.2, -0.15) is 0 Å². The molecule has 0 bridgehead atoms. The summed E-state index contributed by atoms with van der Waals surface area (Å²) >= 11 is 0. The summed E-state index contributed by atoms with van der Waals surface area (Å²) in [7, 11) is 0. The minimum atomic E-state index is 0.403. The van der Waals surface area contributed by atoms with Gasteiger partial charge in [0, 0.05) is 129 Å². The van der Waals surface area contributed by atoms with Crippen molar-refractivity contribution in [3.63, 3.8) is 0 Å². The Kier molecular flexibility index (Phi) is 12.4. The number of rotatable bonds is 7. The normalized spacial score (nSPS) is 12.9. The van der Waals surface area contributed by atoms with Crippen LogP contribution in [0.3, 0.4) is 0 Å². The van der Waals surface area contributed by atoms with Gasteiger partial charge in [-0.1, -0.05) is 232 Å². The molecule has 0 spiro atoms. The largest absolute Gasteiger partial charge is 0.454 e. The smallest absolute Gasteiger partial charge is 0.160 e. The average molecular weight is 1620 g/mol. The van der Waals surface area contributed by atoms with Crippen LogP contribution in [0.5, 0.6) is 0 Å². The summed E-state index contributed by atoms with van der Waals surface area (Å²) in [5.74, 6) is 0.403. The van der Waals surface area contributed by atoms with E-state index in [1.807, 2.05) is 0 Å². The molecule has 12 aromatic heterocycles. The molecule has 9 heteroatoms. The lowest BCUT2D eigenvalue weighted by atomic mass is 9.92. The summed E-state index contributed by atoms with van der Waals surface area (Å²) in [6.45, 7) is 6.66. The fourth-order valence-electron chi connectivity index (χ4n) is 23.2. The van der Waals surface area contributed by atoms with E-state index in [0.29, 0.717) is 5.92 Å². The summed E-state index contributed by atoms with van der Waals surface area (Å²) in [5.41, 5.74) is 35.6. The van der Waals surface area contributed by atoms with E-state index < -0.39 is 0 Å². The fourth-order valence-corrected chi connectivity index (χ4v) is 23.2. The van der Waals surface area contributed by atoms with Gasteiger partial charge in [-0.3, -0.25) is 0 Å². The molecular formula is C118H65N3O6. The van der Waals surface area contributed by atoms with Crippen LogP contribution in [0.4, 0.5) is 0 Å². The minimum Gasteiger partial charge on any atom is -0.454 e. The van der Waals surface area contributed by atoms with E-state index in [4.69, 9.17) is 26.5 Å². The van der Waals surface area contributed by atoms with E-state index in [-0.39, 0.29) is 0 Å². The van der Waals surface area contributed by atoms with Crippen LogP contribution in [0.15, 0.2) is 360 Å². The predicted molar refractivity (Wildman–Crippen MR) is 526 cm³/mol. The highest BCUT2D eigenvalue weighted by Gasteiger charge is 2.32. The third-order valence-corrected chi connectivity index (χ3v) is 28.9. The van der Waals surface area contributed by atoms with Gasteiger partial charge in [0.05, 0.1) is 49.7 Å². The van der Waals surface area contributed by atoms with Crippen molar-refractivity contribution in [3.8, 4) is 66.8 Å². The van der Waals surface area contributed by atoms with E-state index in [9.17, 15) is 0 Å². The lowest BCUT2D eigenvalue weighted by Gasteiger charge is -2.11. The molecule has 0 radical (unpaired) electrons. The number of nitrogens with zero attached hydrogens (tertiary/aromatic N) is 3. The number of hydrogen-bond donors (Lipinski definition) is 0. The Morgan fingerprint density at radius 1 is 0.181 bits per heavy atom. The molecule has 0 unspecified atom stereocenters. The van der Waals surface area contributed by atoms with Crippen LogP contribution >= 0.6 is 0 Å². The van der Waals surface area contributed by atoms with Crippen molar-refractivity contribution >= 4 is 246 Å². The summed E-state index contributed by atoms with van der Waals surface area (Å²) in [5, 5.41) is 26.3. The molecular weight excluding hydrogens is 1560 g/mol. The van der Waals surface area contributed by atoms with Crippen molar-refractivity contribution in [3.05, 3.63) is 345 Å². The minimum absolute atomic E-state index is 0.403. The zero-order valence-corrected chi connectivity index (χ0v) is 68.6. The first-order chi connectivity index (χ1) is 62.7. The molecule has 127 heavy (non-hydrogen) atoms. The molecule has 0 N–H and O–H groups in total. The Bertz CT molecular complexity index is 10400. The van der Waals surface area contributed by atoms with Crippen LogP contribution in [0, 0.1) is 6.92 Å². The second-order valence-corrected chi connectivity index (χ2v) is 35.7. The van der Waals surface area contributed by atoms with Gasteiger partial charge in [-0.15, -0.1) is 0 Å². The van der Waals surface area contributed by atoms with Crippen molar-refractivity contribution in [1.29, 1.82) is 0 Å². The highest BCUT2D eigenvalue weighted by molar-refractivity contribution is 6.37. The predicted octanol–water partition coefficient (Wildman–Crippen LogP) is 34.0. The van der Waals surface area contributed by atoms with Crippen molar-refractivity contribution in [2.45, 2.75) is 26.7 Å². The molecule has 12 heterocycles. The van der Waals surface area contributed by atoms with Gasteiger partial charge in [0.25, 0.3) is 0 Å². The number of para-hydroxylation sites is 2. The summed E-state index contributed by atoms with van der Waals surface area (Å²) in [6, 6.07) is 123. The maximum atomic E-state index is 7.51. The topological polar surface area (TPSA) is 92.1 Å². The molecule has 0 fully saturated rings. The molecule has 0 aliphatic carbocycles. The van der Waals surface area contributed by atoms with Crippen LogP contribution in [0.1, 0.15) is 30.9 Å². The second-order valence-electron chi connectivity index (χ2n) is 35.7. The van der Waals surface area contributed by atoms with Crippen molar-refractivity contribution in [1.82, 2.24) is 13.2 Å². The van der Waals surface area contributed by atoms with Crippen LogP contribution < -0.4 is 0 Å². The van der Waals surface area contributed by atoms with Crippen molar-refractivity contribution in [2.75, 3.05) is 0 Å². The highest BCUT2D eigenvalue weighted by atomic mass is 16.4. The molecule has 19 aromatic carbocycles. The zero-order valence-electron chi connectivity index (χ0n) is 68.6. The molecule has 31 aromatic rings. The van der Waals surface area contributed by atoms with E-state index in [0.717, 1.165) is 274 Å². The number of hydrogen-bond acceptors (Lipinski definition) is 6. The van der Waals surface area contributed by atoms with Crippen LogP contribution in [0.25, 0.3) is 313 Å². The third kappa shape index (κ3) is 8.54. The Morgan fingerprint density at radius 2 is 0.472 bits per heavy atom. The third-order valence-electron chi connectivity index (χ3n) is 28.9. The number of furan rings is 6. The molecule has 0 aliphatic heterocycles. The van der Waals surface area contributed by atoms with Crippen molar-refractivity contribution < 1.29 is 26.5 Å². The highest BCUT2D eigenvalue weighted by Crippen LogP contribution is 2.55. The monoisotopic (exact) mass is 1620 g/mol. The Morgan fingerprint density at radius 3 is 0.882 bits per heavy atom. The van der Waals surface area contributed by atoms with Gasteiger partial charge in [0.1, 0.15) is 33.5 Å². The van der Waals surface area contributed by atoms with Crippen LogP contribution in [-0.4, -0.2) is 13.2 Å². The first-order valence-electron chi connectivity index (χ1n) is 43.8. The number of aryl methyl sites for hydroxylation is 1. The molecule has 0 amide bonds. The van der Waals surface area contributed by atoms with E-state index in [2.05, 4.69) is 368 Å². The molecule has 0 saturated carbocycles. The first kappa shape index (κ1) is 67.0.